The maximum absolute atomic E-state index is 13.6. The van der Waals surface area contributed by atoms with Gasteiger partial charge in [0.05, 0.1) is 11.6 Å². The van der Waals surface area contributed by atoms with E-state index in [1.807, 2.05) is 30.3 Å². The second-order valence-corrected chi connectivity index (χ2v) is 12.6. The molecule has 5 nitrogen and oxygen atoms in total. The highest BCUT2D eigenvalue weighted by molar-refractivity contribution is 5.82. The number of benzene rings is 2. The number of amides is 1. The second-order valence-electron chi connectivity index (χ2n) is 12.6. The average Bonchev–Trinajstić information content (AvgIpc) is 2.87. The third-order valence-corrected chi connectivity index (χ3v) is 6.81. The zero-order valence-corrected chi connectivity index (χ0v) is 26.0. The van der Waals surface area contributed by atoms with Crippen molar-refractivity contribution in [1.29, 1.82) is 0 Å². The minimum Gasteiger partial charge on any atom is -0.489 e. The molecule has 2 aromatic carbocycles. The first-order chi connectivity index (χ1) is 18.4. The van der Waals surface area contributed by atoms with Gasteiger partial charge in [-0.2, -0.15) is 0 Å². The highest BCUT2D eigenvalue weighted by Gasteiger charge is 2.30. The van der Waals surface area contributed by atoms with Crippen molar-refractivity contribution in [3.63, 3.8) is 0 Å². The van der Waals surface area contributed by atoms with Crippen LogP contribution in [0.15, 0.2) is 66.2 Å². The van der Waals surface area contributed by atoms with Gasteiger partial charge in [0.2, 0.25) is 5.91 Å². The summed E-state index contributed by atoms with van der Waals surface area (Å²) in [6.45, 7) is 20.3. The Labute approximate surface area is 238 Å². The molecule has 0 heterocycles. The van der Waals surface area contributed by atoms with Crippen molar-refractivity contribution in [1.82, 2.24) is 10.2 Å². The highest BCUT2D eigenvalue weighted by atomic mass is 16.5. The van der Waals surface area contributed by atoms with Gasteiger partial charge < -0.3 is 15.0 Å². The number of likely N-dealkylation sites (N-methyl/N-ethyl adjacent to an activating group) is 1. The Bertz CT molecular complexity index is 1010. The first-order valence-corrected chi connectivity index (χ1v) is 14.5. The van der Waals surface area contributed by atoms with Gasteiger partial charge in [-0.05, 0) is 95.8 Å². The van der Waals surface area contributed by atoms with Gasteiger partial charge in [-0.25, -0.2) is 0 Å². The van der Waals surface area contributed by atoms with Crippen molar-refractivity contribution in [2.24, 2.45) is 11.8 Å². The molecule has 5 heteroatoms. The van der Waals surface area contributed by atoms with E-state index in [1.54, 1.807) is 0 Å². The Kier molecular flexibility index (Phi) is 13.1. The van der Waals surface area contributed by atoms with Crippen molar-refractivity contribution in [2.45, 2.75) is 86.4 Å². The predicted octanol–water partition coefficient (Wildman–Crippen LogP) is 7.33. The second kappa shape index (κ2) is 15.7. The quantitative estimate of drug-likeness (QED) is 0.229. The lowest BCUT2D eigenvalue weighted by atomic mass is 9.98. The molecule has 0 fully saturated rings. The minimum absolute atomic E-state index is 0.117. The molecule has 39 heavy (non-hydrogen) atoms. The summed E-state index contributed by atoms with van der Waals surface area (Å²) in [6.07, 6.45) is 4.17. The lowest BCUT2D eigenvalue weighted by Crippen LogP contribution is -2.57. The average molecular weight is 536 g/mol. The Morgan fingerprint density at radius 2 is 1.62 bits per heavy atom. The van der Waals surface area contributed by atoms with Crippen molar-refractivity contribution in [3.8, 4) is 5.75 Å². The van der Waals surface area contributed by atoms with Crippen LogP contribution in [0, 0.1) is 11.8 Å². The molecule has 0 spiro atoms. The van der Waals surface area contributed by atoms with Gasteiger partial charge in [-0.3, -0.25) is 9.69 Å². The molecule has 0 aromatic heterocycles. The van der Waals surface area contributed by atoms with Gasteiger partial charge in [-0.15, -0.1) is 0 Å². The maximum atomic E-state index is 13.6. The Morgan fingerprint density at radius 1 is 0.974 bits per heavy atom. The summed E-state index contributed by atoms with van der Waals surface area (Å²) in [5.41, 5.74) is 3.11. The van der Waals surface area contributed by atoms with Crippen molar-refractivity contribution >= 4 is 11.6 Å². The van der Waals surface area contributed by atoms with Crippen molar-refractivity contribution in [2.75, 3.05) is 31.6 Å². The van der Waals surface area contributed by atoms with Crippen LogP contribution in [-0.2, 0) is 11.4 Å². The van der Waals surface area contributed by atoms with Crippen LogP contribution in [-0.4, -0.2) is 49.1 Å². The SMILES string of the molecule is CC(C)=CCN(CC(C)(C)NC(=O)[C@H](CC(C)C)N(C)CCC(C)C)c1ccc(OCc2ccccc2)cc1. The van der Waals surface area contributed by atoms with Crippen LogP contribution in [0.25, 0.3) is 0 Å². The molecule has 2 rings (SSSR count). The summed E-state index contributed by atoms with van der Waals surface area (Å²) in [5.74, 6) is 2.03. The molecule has 0 aliphatic heterocycles. The number of anilines is 1. The fourth-order valence-electron chi connectivity index (χ4n) is 4.53. The number of rotatable bonds is 16. The van der Waals surface area contributed by atoms with E-state index in [0.29, 0.717) is 25.0 Å². The molecular weight excluding hydrogens is 482 g/mol. The Morgan fingerprint density at radius 3 is 2.18 bits per heavy atom. The van der Waals surface area contributed by atoms with E-state index in [-0.39, 0.29) is 11.9 Å². The number of nitrogens with zero attached hydrogens (tertiary/aromatic N) is 2. The molecule has 216 valence electrons. The number of hydrogen-bond donors (Lipinski definition) is 1. The van der Waals surface area contributed by atoms with Gasteiger partial charge in [0.1, 0.15) is 12.4 Å². The van der Waals surface area contributed by atoms with Gasteiger partial charge in [-0.1, -0.05) is 69.7 Å². The fourth-order valence-corrected chi connectivity index (χ4v) is 4.53. The number of ether oxygens (including phenoxy) is 1. The van der Waals surface area contributed by atoms with Crippen LogP contribution in [0.2, 0.25) is 0 Å². The van der Waals surface area contributed by atoms with E-state index in [2.05, 4.69) is 108 Å². The summed E-state index contributed by atoms with van der Waals surface area (Å²) in [4.78, 5) is 18.2. The van der Waals surface area contributed by atoms with E-state index >= 15 is 0 Å². The maximum Gasteiger partial charge on any atom is 0.237 e. The third-order valence-electron chi connectivity index (χ3n) is 6.81. The van der Waals surface area contributed by atoms with Crippen molar-refractivity contribution in [3.05, 3.63) is 71.8 Å². The Hall–Kier alpha value is -2.79. The summed E-state index contributed by atoms with van der Waals surface area (Å²) in [7, 11) is 2.09. The lowest BCUT2D eigenvalue weighted by molar-refractivity contribution is -0.128. The summed E-state index contributed by atoms with van der Waals surface area (Å²) < 4.78 is 6.00. The summed E-state index contributed by atoms with van der Waals surface area (Å²) in [6, 6.07) is 18.4. The van der Waals surface area contributed by atoms with Crippen LogP contribution in [0.3, 0.4) is 0 Å². The number of carbonyl (C=O) groups is 1. The molecule has 0 radical (unpaired) electrons. The fraction of sp³-hybridized carbons (Fsp3) is 0.559. The molecule has 0 saturated heterocycles. The molecule has 0 bridgehead atoms. The largest absolute Gasteiger partial charge is 0.489 e. The minimum atomic E-state index is -0.414. The summed E-state index contributed by atoms with van der Waals surface area (Å²) >= 11 is 0. The first kappa shape index (κ1) is 32.4. The molecular formula is C34H53N3O2. The molecule has 2 aromatic rings. The van der Waals surface area contributed by atoms with E-state index in [4.69, 9.17) is 4.74 Å². The van der Waals surface area contributed by atoms with Crippen molar-refractivity contribution < 1.29 is 9.53 Å². The van der Waals surface area contributed by atoms with Crippen LogP contribution in [0.4, 0.5) is 5.69 Å². The van der Waals surface area contributed by atoms with Crippen LogP contribution < -0.4 is 15.0 Å². The standard InChI is InChI=1S/C34H53N3O2/c1-26(2)19-21-36(9)32(23-28(5)6)33(38)35-34(7,8)25-37(22-20-27(3)4)30-15-17-31(18-16-30)39-24-29-13-11-10-12-14-29/h10-18,20,26,28,32H,19,21-25H2,1-9H3,(H,35,38)/t32-/m0/s1. The molecule has 0 saturated carbocycles. The summed E-state index contributed by atoms with van der Waals surface area (Å²) in [5, 5.41) is 3.40. The number of hydrogen-bond acceptors (Lipinski definition) is 4. The number of allylic oxidation sites excluding steroid dienone is 1. The predicted molar refractivity (Wildman–Crippen MR) is 166 cm³/mol. The van der Waals surface area contributed by atoms with Crippen LogP contribution >= 0.6 is 0 Å². The zero-order chi connectivity index (χ0) is 29.0. The normalized spacial score (nSPS) is 12.5. The smallest absolute Gasteiger partial charge is 0.237 e. The molecule has 1 amide bonds. The molecule has 0 aliphatic rings. The topological polar surface area (TPSA) is 44.8 Å². The molecule has 1 N–H and O–H groups in total. The van der Waals surface area contributed by atoms with Crippen LogP contribution in [0.1, 0.15) is 73.8 Å². The lowest BCUT2D eigenvalue weighted by Gasteiger charge is -2.37. The van der Waals surface area contributed by atoms with E-state index in [0.717, 1.165) is 42.9 Å². The third kappa shape index (κ3) is 12.3. The monoisotopic (exact) mass is 535 g/mol. The van der Waals surface area contributed by atoms with Gasteiger partial charge in [0.25, 0.3) is 0 Å². The molecule has 0 unspecified atom stereocenters. The first-order valence-electron chi connectivity index (χ1n) is 14.5. The zero-order valence-electron chi connectivity index (χ0n) is 26.0. The van der Waals surface area contributed by atoms with Gasteiger partial charge >= 0.3 is 0 Å². The van der Waals surface area contributed by atoms with Crippen LogP contribution in [0.5, 0.6) is 5.75 Å². The highest BCUT2D eigenvalue weighted by Crippen LogP contribution is 2.23. The van der Waals surface area contributed by atoms with Gasteiger partial charge in [0, 0.05) is 18.8 Å². The number of carbonyl (C=O) groups excluding carboxylic acids is 1. The number of nitrogens with one attached hydrogen (secondary N) is 1. The van der Waals surface area contributed by atoms with E-state index < -0.39 is 5.54 Å². The molecule has 0 aliphatic carbocycles. The van der Waals surface area contributed by atoms with Gasteiger partial charge in [0.15, 0.2) is 0 Å². The molecule has 1 atom stereocenters. The van der Waals surface area contributed by atoms with E-state index in [9.17, 15) is 4.79 Å². The Balaban J connectivity index is 2.13. The van der Waals surface area contributed by atoms with E-state index in [1.165, 1.54) is 5.57 Å².